The van der Waals surface area contributed by atoms with Crippen LogP contribution in [-0.4, -0.2) is 20.9 Å². The van der Waals surface area contributed by atoms with Gasteiger partial charge in [0.05, 0.1) is 16.3 Å². The zero-order valence-electron chi connectivity index (χ0n) is 8.90. The number of halogens is 1. The molecule has 0 amide bonds. The molecule has 1 fully saturated rings. The molecule has 0 aromatic carbocycles. The lowest BCUT2D eigenvalue weighted by Gasteiger charge is -2.20. The Kier molecular flexibility index (Phi) is 2.94. The molecule has 2 aromatic heterocycles. The second-order valence-electron chi connectivity index (χ2n) is 4.14. The Balaban J connectivity index is 2.09. The van der Waals surface area contributed by atoms with E-state index < -0.39 is 0 Å². The lowest BCUT2D eigenvalue weighted by atomic mass is 10.1. The molecule has 0 radical (unpaired) electrons. The molecule has 1 aliphatic rings. The van der Waals surface area contributed by atoms with Gasteiger partial charge < -0.3 is 0 Å². The van der Waals surface area contributed by atoms with Crippen LogP contribution in [0, 0.1) is 0 Å². The zero-order valence-corrected chi connectivity index (χ0v) is 11.3. The molecular weight excluding hydrogens is 284 g/mol. The first-order valence-corrected chi connectivity index (χ1v) is 7.50. The third-order valence-corrected chi connectivity index (χ3v) is 4.89. The van der Waals surface area contributed by atoms with Gasteiger partial charge in [-0.25, -0.2) is 4.98 Å². The second-order valence-corrected chi connectivity index (χ2v) is 6.10. The summed E-state index contributed by atoms with van der Waals surface area (Å²) in [6.07, 6.45) is 4.56. The van der Waals surface area contributed by atoms with Gasteiger partial charge in [0.25, 0.3) is 0 Å². The fourth-order valence-corrected chi connectivity index (χ4v) is 3.94. The van der Waals surface area contributed by atoms with Crippen LogP contribution in [0.5, 0.6) is 0 Å². The molecule has 0 bridgehead atoms. The first kappa shape index (κ1) is 10.7. The van der Waals surface area contributed by atoms with E-state index in [1.165, 1.54) is 35.7 Å². The average Bonchev–Trinajstić information content (AvgIpc) is 2.75. The molecule has 0 aliphatic carbocycles. The Bertz CT molecular complexity index is 503. The highest BCUT2D eigenvalue weighted by molar-refractivity contribution is 9.10. The van der Waals surface area contributed by atoms with Gasteiger partial charge in [0.2, 0.25) is 0 Å². The van der Waals surface area contributed by atoms with Crippen molar-refractivity contribution in [2.75, 3.05) is 11.5 Å². The molecule has 3 rings (SSSR count). The molecule has 84 valence electrons. The molecule has 0 spiro atoms. The molecule has 0 N–H and O–H groups in total. The van der Waals surface area contributed by atoms with Crippen molar-refractivity contribution in [2.24, 2.45) is 0 Å². The Morgan fingerprint density at radius 2 is 2.38 bits per heavy atom. The topological polar surface area (TPSA) is 17.3 Å². The minimum Gasteiger partial charge on any atom is -0.290 e. The third kappa shape index (κ3) is 1.78. The fourth-order valence-electron chi connectivity index (χ4n) is 2.26. The Labute approximate surface area is 108 Å². The molecule has 0 saturated carbocycles. The summed E-state index contributed by atoms with van der Waals surface area (Å²) in [7, 11) is 0. The summed E-state index contributed by atoms with van der Waals surface area (Å²) in [5.74, 6) is 4.34. The molecule has 1 saturated heterocycles. The molecule has 1 unspecified atom stereocenters. The summed E-state index contributed by atoms with van der Waals surface area (Å²) in [5, 5.41) is 0. The van der Waals surface area contributed by atoms with Crippen molar-refractivity contribution < 1.29 is 0 Å². The number of thioether (sulfide) groups is 1. The summed E-state index contributed by atoms with van der Waals surface area (Å²) in [4.78, 5) is 4.60. The minimum absolute atomic E-state index is 0.611. The van der Waals surface area contributed by atoms with Gasteiger partial charge in [0.1, 0.15) is 5.82 Å². The van der Waals surface area contributed by atoms with E-state index in [2.05, 4.69) is 43.5 Å². The SMILES string of the molecule is Brc1cccc2cnc(C3CCCSC3)n12. The first-order chi connectivity index (χ1) is 7.86. The smallest absolute Gasteiger partial charge is 0.118 e. The lowest BCUT2D eigenvalue weighted by Crippen LogP contribution is -2.12. The molecule has 3 heterocycles. The average molecular weight is 297 g/mol. The normalized spacial score (nSPS) is 21.4. The molecule has 2 nitrogen and oxygen atoms in total. The van der Waals surface area contributed by atoms with E-state index in [1.807, 2.05) is 18.0 Å². The van der Waals surface area contributed by atoms with Crippen molar-refractivity contribution in [3.05, 3.63) is 34.8 Å². The van der Waals surface area contributed by atoms with E-state index >= 15 is 0 Å². The van der Waals surface area contributed by atoms with E-state index in [0.717, 1.165) is 4.60 Å². The van der Waals surface area contributed by atoms with Gasteiger partial charge in [0, 0.05) is 11.7 Å². The van der Waals surface area contributed by atoms with Gasteiger partial charge in [0.15, 0.2) is 0 Å². The number of pyridine rings is 1. The molecule has 16 heavy (non-hydrogen) atoms. The van der Waals surface area contributed by atoms with Crippen LogP contribution in [-0.2, 0) is 0 Å². The highest BCUT2D eigenvalue weighted by atomic mass is 79.9. The Morgan fingerprint density at radius 3 is 3.19 bits per heavy atom. The number of imidazole rings is 1. The van der Waals surface area contributed by atoms with Crippen LogP contribution in [0.15, 0.2) is 29.0 Å². The van der Waals surface area contributed by atoms with E-state index in [9.17, 15) is 0 Å². The quantitative estimate of drug-likeness (QED) is 0.747. The summed E-state index contributed by atoms with van der Waals surface area (Å²) in [5.41, 5.74) is 1.18. The lowest BCUT2D eigenvalue weighted by molar-refractivity contribution is 0.619. The van der Waals surface area contributed by atoms with Crippen LogP contribution in [0.3, 0.4) is 0 Å². The largest absolute Gasteiger partial charge is 0.290 e. The first-order valence-electron chi connectivity index (χ1n) is 5.56. The summed E-state index contributed by atoms with van der Waals surface area (Å²) in [6, 6.07) is 6.24. The van der Waals surface area contributed by atoms with Crippen LogP contribution >= 0.6 is 27.7 Å². The molecule has 1 aliphatic heterocycles. The Hall–Kier alpha value is -0.480. The van der Waals surface area contributed by atoms with Gasteiger partial charge in [-0.15, -0.1) is 0 Å². The van der Waals surface area contributed by atoms with Crippen molar-refractivity contribution in [3.8, 4) is 0 Å². The van der Waals surface area contributed by atoms with Gasteiger partial charge in [-0.3, -0.25) is 4.40 Å². The summed E-state index contributed by atoms with van der Waals surface area (Å²) >= 11 is 5.66. The predicted octanol–water partition coefficient (Wildman–Crippen LogP) is 3.71. The minimum atomic E-state index is 0.611. The summed E-state index contributed by atoms with van der Waals surface area (Å²) in [6.45, 7) is 0. The highest BCUT2D eigenvalue weighted by Gasteiger charge is 2.20. The fraction of sp³-hybridized carbons (Fsp3) is 0.417. The van der Waals surface area contributed by atoms with Crippen LogP contribution in [0.2, 0.25) is 0 Å². The maximum absolute atomic E-state index is 4.60. The Morgan fingerprint density at radius 1 is 1.44 bits per heavy atom. The maximum atomic E-state index is 4.60. The van der Waals surface area contributed by atoms with Crippen molar-refractivity contribution in [2.45, 2.75) is 18.8 Å². The maximum Gasteiger partial charge on any atom is 0.118 e. The third-order valence-electron chi connectivity index (χ3n) is 3.06. The van der Waals surface area contributed by atoms with E-state index in [-0.39, 0.29) is 0 Å². The van der Waals surface area contributed by atoms with E-state index in [1.54, 1.807) is 0 Å². The monoisotopic (exact) mass is 296 g/mol. The van der Waals surface area contributed by atoms with Gasteiger partial charge in [-0.2, -0.15) is 11.8 Å². The second kappa shape index (κ2) is 4.41. The standard InChI is InChI=1S/C12H13BrN2S/c13-11-5-1-4-10-7-14-12(15(10)11)9-3-2-6-16-8-9/h1,4-5,7,9H,2-3,6,8H2. The van der Waals surface area contributed by atoms with Crippen LogP contribution in [0.1, 0.15) is 24.6 Å². The number of hydrogen-bond donors (Lipinski definition) is 0. The highest BCUT2D eigenvalue weighted by Crippen LogP contribution is 2.31. The number of rotatable bonds is 1. The van der Waals surface area contributed by atoms with Crippen molar-refractivity contribution in [3.63, 3.8) is 0 Å². The van der Waals surface area contributed by atoms with Crippen LogP contribution in [0.25, 0.3) is 5.52 Å². The zero-order chi connectivity index (χ0) is 11.0. The van der Waals surface area contributed by atoms with Crippen molar-refractivity contribution in [1.29, 1.82) is 0 Å². The molecule has 1 atom stereocenters. The predicted molar refractivity (Wildman–Crippen MR) is 72.2 cm³/mol. The van der Waals surface area contributed by atoms with E-state index in [4.69, 9.17) is 0 Å². The molecule has 4 heteroatoms. The van der Waals surface area contributed by atoms with E-state index in [0.29, 0.717) is 5.92 Å². The molecule has 2 aromatic rings. The van der Waals surface area contributed by atoms with Crippen LogP contribution < -0.4 is 0 Å². The molecular formula is C12H13BrN2S. The number of nitrogens with zero attached hydrogens (tertiary/aromatic N) is 2. The van der Waals surface area contributed by atoms with Gasteiger partial charge >= 0.3 is 0 Å². The van der Waals surface area contributed by atoms with Crippen molar-refractivity contribution in [1.82, 2.24) is 9.38 Å². The van der Waals surface area contributed by atoms with Gasteiger partial charge in [-0.1, -0.05) is 6.07 Å². The van der Waals surface area contributed by atoms with Gasteiger partial charge in [-0.05, 0) is 46.7 Å². The van der Waals surface area contributed by atoms with Crippen molar-refractivity contribution >= 4 is 33.2 Å². The number of hydrogen-bond acceptors (Lipinski definition) is 2. The summed E-state index contributed by atoms with van der Waals surface area (Å²) < 4.78 is 3.34. The van der Waals surface area contributed by atoms with Crippen LogP contribution in [0.4, 0.5) is 0 Å². The number of aromatic nitrogens is 2. The number of fused-ring (bicyclic) bond motifs is 1.